The molecule has 1 N–H and O–H groups in total. The van der Waals surface area contributed by atoms with Crippen LogP contribution in [-0.4, -0.2) is 87.4 Å². The van der Waals surface area contributed by atoms with E-state index >= 15 is 0 Å². The highest BCUT2D eigenvalue weighted by atomic mass is 16.7. The lowest BCUT2D eigenvalue weighted by Gasteiger charge is -2.25. The van der Waals surface area contributed by atoms with Gasteiger partial charge in [0.15, 0.2) is 6.10 Å². The minimum Gasteiger partial charge on any atom is -0.477 e. The van der Waals surface area contributed by atoms with E-state index in [9.17, 15) is 19.5 Å². The molecule has 0 saturated heterocycles. The maximum Gasteiger partial charge on any atom is 0.361 e. The lowest BCUT2D eigenvalue weighted by molar-refractivity contribution is -0.870. The molecule has 9 heteroatoms. The van der Waals surface area contributed by atoms with Gasteiger partial charge in [0.25, 0.3) is 6.29 Å². The number of carbonyl (C=O) groups excluding carboxylic acids is 2. The molecule has 9 nitrogen and oxygen atoms in total. The van der Waals surface area contributed by atoms with Gasteiger partial charge < -0.3 is 28.5 Å². The number of aliphatic carboxylic acids is 1. The number of hydrogen-bond acceptors (Lipinski definition) is 7. The lowest BCUT2D eigenvalue weighted by atomic mass is 10.0. The van der Waals surface area contributed by atoms with Gasteiger partial charge in [-0.05, 0) is 96.3 Å². The van der Waals surface area contributed by atoms with Crippen molar-refractivity contribution in [3.63, 3.8) is 0 Å². The van der Waals surface area contributed by atoms with Crippen LogP contribution >= 0.6 is 0 Å². The smallest absolute Gasteiger partial charge is 0.361 e. The van der Waals surface area contributed by atoms with E-state index in [2.05, 4.69) is 123 Å². The number of hydrogen-bond donors (Lipinski definition) is 1. The number of carboxylic acids is 1. The van der Waals surface area contributed by atoms with Crippen molar-refractivity contribution >= 4 is 17.9 Å². The molecule has 0 fully saturated rings. The average molecular weight is 1190 g/mol. The Morgan fingerprint density at radius 2 is 0.635 bits per heavy atom. The molecule has 2 atom stereocenters. The molecule has 488 valence electrons. The predicted molar refractivity (Wildman–Crippen MR) is 364 cm³/mol. The molecule has 0 aliphatic heterocycles. The van der Waals surface area contributed by atoms with Gasteiger partial charge in [0.1, 0.15) is 13.2 Å². The third-order valence-corrected chi connectivity index (χ3v) is 15.0. The number of carboxylic acid groups (broad SMARTS) is 1. The van der Waals surface area contributed by atoms with Crippen molar-refractivity contribution in [1.29, 1.82) is 0 Å². The Bertz CT molecular complexity index is 1760. The van der Waals surface area contributed by atoms with Gasteiger partial charge in [0.05, 0.1) is 34.4 Å². The van der Waals surface area contributed by atoms with Gasteiger partial charge in [0, 0.05) is 12.8 Å². The molecule has 0 aliphatic carbocycles. The number of likely N-dealkylation sites (N-methyl/N-ethyl adjacent to an activating group) is 1. The monoisotopic (exact) mass is 1190 g/mol. The molecule has 2 unspecified atom stereocenters. The molecule has 0 bridgehead atoms. The van der Waals surface area contributed by atoms with Gasteiger partial charge >= 0.3 is 17.9 Å². The molecule has 85 heavy (non-hydrogen) atoms. The normalized spacial score (nSPS) is 13.4. The number of allylic oxidation sites excluding steroid dienone is 18. The molecule has 0 aliphatic rings. The first-order valence-corrected chi connectivity index (χ1v) is 35.1. The van der Waals surface area contributed by atoms with Gasteiger partial charge in [0.2, 0.25) is 0 Å². The van der Waals surface area contributed by atoms with Gasteiger partial charge in [-0.25, -0.2) is 4.79 Å². The summed E-state index contributed by atoms with van der Waals surface area (Å²) in [5.41, 5.74) is 0. The summed E-state index contributed by atoms with van der Waals surface area (Å²) in [6, 6.07) is 0. The van der Waals surface area contributed by atoms with Crippen molar-refractivity contribution in [3.8, 4) is 0 Å². The minimum absolute atomic E-state index is 0.184. The summed E-state index contributed by atoms with van der Waals surface area (Å²) in [5, 5.41) is 9.74. The van der Waals surface area contributed by atoms with Crippen LogP contribution in [0.3, 0.4) is 0 Å². The summed E-state index contributed by atoms with van der Waals surface area (Å²) < 4.78 is 23.0. The van der Waals surface area contributed by atoms with Crippen LogP contribution in [0.2, 0.25) is 0 Å². The summed E-state index contributed by atoms with van der Waals surface area (Å²) >= 11 is 0. The van der Waals surface area contributed by atoms with Gasteiger partial charge in [-0.15, -0.1) is 0 Å². The van der Waals surface area contributed by atoms with Crippen molar-refractivity contribution in [2.75, 3.05) is 47.5 Å². The van der Waals surface area contributed by atoms with Crippen molar-refractivity contribution < 1.29 is 42.9 Å². The molecule has 0 aromatic heterocycles. The van der Waals surface area contributed by atoms with E-state index in [1.54, 1.807) is 0 Å². The molecule has 0 aromatic carbocycles. The Labute approximate surface area is 524 Å². The highest BCUT2D eigenvalue weighted by molar-refractivity contribution is 5.71. The molecule has 0 rings (SSSR count). The molecule has 0 heterocycles. The third kappa shape index (κ3) is 67.3. The summed E-state index contributed by atoms with van der Waals surface area (Å²) in [6.45, 7) is 4.66. The fourth-order valence-corrected chi connectivity index (χ4v) is 9.74. The standard InChI is InChI=1S/C76H131NO8/c1-6-8-10-12-14-16-18-20-22-24-26-28-29-30-31-32-33-34-35-36-37-38-39-40-41-42-43-44-45-47-49-51-53-55-57-59-61-63-65-67-74(79)85-72(71-84-76(75(80)81)82-69-68-77(3,4)5)70-83-73(78)66-64-62-60-58-56-54-52-50-48-46-27-25-23-21-19-17-15-13-11-9-7-2/h8-11,14-17,20-23,26-28,30-31,46,72,76H,6-7,12-13,18-19,24-25,29,32-45,47-71H2,1-5H3/p+1/b10-8-,11-9-,16-14-,17-15-,22-20-,23-21-,28-26-,31-30-,46-27-. The number of rotatable bonds is 64. The lowest BCUT2D eigenvalue weighted by Crippen LogP contribution is -2.40. The molecular weight excluding hydrogens is 1050 g/mol. The molecule has 0 aromatic rings. The van der Waals surface area contributed by atoms with E-state index in [0.717, 1.165) is 109 Å². The van der Waals surface area contributed by atoms with E-state index in [4.69, 9.17) is 18.9 Å². The van der Waals surface area contributed by atoms with Crippen LogP contribution in [-0.2, 0) is 33.3 Å². The summed E-state index contributed by atoms with van der Waals surface area (Å²) in [4.78, 5) is 37.6. The molecule has 0 spiro atoms. The van der Waals surface area contributed by atoms with Crippen LogP contribution < -0.4 is 0 Å². The largest absolute Gasteiger partial charge is 0.477 e. The summed E-state index contributed by atoms with van der Waals surface area (Å²) in [6.07, 6.45) is 89.2. The molecular formula is C76H132NO8+. The predicted octanol–water partition coefficient (Wildman–Crippen LogP) is 21.8. The summed E-state index contributed by atoms with van der Waals surface area (Å²) in [5.74, 6) is -2.01. The average Bonchev–Trinajstić information content (AvgIpc) is 3.49. The number of carbonyl (C=O) groups is 3. The fraction of sp³-hybridized carbons (Fsp3) is 0.724. The van der Waals surface area contributed by atoms with Crippen molar-refractivity contribution in [3.05, 3.63) is 109 Å². The maximum absolute atomic E-state index is 12.9. The zero-order valence-corrected chi connectivity index (χ0v) is 55.7. The van der Waals surface area contributed by atoms with Crippen LogP contribution in [0.25, 0.3) is 0 Å². The Hall–Kier alpha value is -4.05. The van der Waals surface area contributed by atoms with Gasteiger partial charge in [-0.3, -0.25) is 9.59 Å². The Morgan fingerprint density at radius 1 is 0.353 bits per heavy atom. The van der Waals surface area contributed by atoms with Crippen molar-refractivity contribution in [2.24, 2.45) is 0 Å². The van der Waals surface area contributed by atoms with E-state index < -0.39 is 24.3 Å². The topological polar surface area (TPSA) is 108 Å². The van der Waals surface area contributed by atoms with Crippen LogP contribution in [0, 0.1) is 0 Å². The van der Waals surface area contributed by atoms with Crippen LogP contribution in [0.5, 0.6) is 0 Å². The van der Waals surface area contributed by atoms with Crippen LogP contribution in [0.4, 0.5) is 0 Å². The zero-order valence-electron chi connectivity index (χ0n) is 55.7. The number of nitrogens with zero attached hydrogens (tertiary/aromatic N) is 1. The third-order valence-electron chi connectivity index (χ3n) is 15.0. The number of unbranched alkanes of at least 4 members (excludes halogenated alkanes) is 31. The van der Waals surface area contributed by atoms with Crippen LogP contribution in [0.15, 0.2) is 109 Å². The zero-order chi connectivity index (χ0) is 61.9. The molecule has 0 saturated carbocycles. The molecule has 0 radical (unpaired) electrons. The quantitative estimate of drug-likeness (QED) is 0.0211. The second kappa shape index (κ2) is 65.9. The second-order valence-corrected chi connectivity index (χ2v) is 24.4. The Kier molecular flexibility index (Phi) is 62.8. The first-order chi connectivity index (χ1) is 41.6. The number of ether oxygens (including phenoxy) is 4. The van der Waals surface area contributed by atoms with Gasteiger partial charge in [-0.2, -0.15) is 0 Å². The second-order valence-electron chi connectivity index (χ2n) is 24.4. The Balaban J connectivity index is 4.03. The van der Waals surface area contributed by atoms with E-state index in [1.165, 1.54) is 161 Å². The first kappa shape index (κ1) is 81.0. The van der Waals surface area contributed by atoms with Crippen LogP contribution in [0.1, 0.15) is 296 Å². The van der Waals surface area contributed by atoms with Gasteiger partial charge in [-0.1, -0.05) is 297 Å². The maximum atomic E-state index is 12.9. The number of quaternary nitrogens is 1. The minimum atomic E-state index is -1.52. The summed E-state index contributed by atoms with van der Waals surface area (Å²) in [7, 11) is 5.97. The highest BCUT2D eigenvalue weighted by Crippen LogP contribution is 2.18. The first-order valence-electron chi connectivity index (χ1n) is 35.1. The highest BCUT2D eigenvalue weighted by Gasteiger charge is 2.25. The fourth-order valence-electron chi connectivity index (χ4n) is 9.74. The molecule has 0 amide bonds. The van der Waals surface area contributed by atoms with Crippen molar-refractivity contribution in [2.45, 2.75) is 309 Å². The van der Waals surface area contributed by atoms with E-state index in [-0.39, 0.29) is 32.2 Å². The SMILES string of the molecule is CC/C=C\C/C=C\C/C=C\C/C=C\C/C=C\CCCCCCCCCCCCCCCCCCCCCCCCCC(=O)OC(COC(=O)CCCCCCCCCC/C=C\C/C=C\C/C=C\C/C=C\CC)COC(OCC[N+](C)(C)C)C(=O)O. The van der Waals surface area contributed by atoms with E-state index in [0.29, 0.717) is 17.4 Å². The van der Waals surface area contributed by atoms with Crippen molar-refractivity contribution in [1.82, 2.24) is 0 Å². The van der Waals surface area contributed by atoms with E-state index in [1.807, 2.05) is 21.1 Å². The number of esters is 2. The Morgan fingerprint density at radius 3 is 0.941 bits per heavy atom.